The second kappa shape index (κ2) is 8.77. The molecule has 0 unspecified atom stereocenters. The first-order valence-corrected chi connectivity index (χ1v) is 10.4. The number of benzene rings is 2. The number of hydrogen-bond donors (Lipinski definition) is 1. The molecule has 0 atom stereocenters. The number of hydrogen-bond acceptors (Lipinski definition) is 5. The van der Waals surface area contributed by atoms with E-state index in [2.05, 4.69) is 0 Å². The summed E-state index contributed by atoms with van der Waals surface area (Å²) < 4.78 is 41.7. The quantitative estimate of drug-likeness (QED) is 0.227. The molecule has 2 aromatic carbocycles. The molecule has 4 aromatic rings. The van der Waals surface area contributed by atoms with Gasteiger partial charge in [-0.05, 0) is 48.9 Å². The Kier molecular flexibility index (Phi) is 5.92. The lowest BCUT2D eigenvalue weighted by molar-refractivity contribution is -0.384. The Labute approximate surface area is 200 Å². The number of carbonyl (C=O) groups is 3. The van der Waals surface area contributed by atoms with E-state index < -0.39 is 34.1 Å². The van der Waals surface area contributed by atoms with Gasteiger partial charge in [0.05, 0.1) is 21.6 Å². The third-order valence-corrected chi connectivity index (χ3v) is 5.61. The molecule has 4 rings (SSSR count). The van der Waals surface area contributed by atoms with Crippen molar-refractivity contribution in [3.8, 4) is 11.1 Å². The number of pyridine rings is 1. The predicted molar refractivity (Wildman–Crippen MR) is 123 cm³/mol. The van der Waals surface area contributed by atoms with Gasteiger partial charge in [-0.3, -0.25) is 24.5 Å². The normalized spacial score (nSPS) is 11.4. The number of amides is 1. The molecule has 2 N–H and O–H groups in total. The minimum atomic E-state index is -4.69. The highest BCUT2D eigenvalue weighted by atomic mass is 19.4. The molecule has 0 bridgehead atoms. The number of nitrogens with zero attached hydrogens (tertiary/aromatic N) is 2. The summed E-state index contributed by atoms with van der Waals surface area (Å²) in [6, 6.07) is 11.4. The number of fused-ring (bicyclic) bond motifs is 1. The summed E-state index contributed by atoms with van der Waals surface area (Å²) >= 11 is 0. The van der Waals surface area contributed by atoms with Crippen LogP contribution < -0.4 is 5.73 Å². The first kappa shape index (κ1) is 24.3. The number of nitro benzene ring substituents is 1. The number of nitrogens with two attached hydrogens (primary N) is 1. The molecule has 0 aliphatic rings. The highest BCUT2D eigenvalue weighted by Crippen LogP contribution is 2.38. The van der Waals surface area contributed by atoms with E-state index in [1.807, 2.05) is 0 Å². The molecule has 0 saturated carbocycles. The molecular formula is C25H16F3N3O5. The van der Waals surface area contributed by atoms with Crippen molar-refractivity contribution in [2.24, 2.45) is 5.73 Å². The first-order chi connectivity index (χ1) is 16.9. The zero-order valence-corrected chi connectivity index (χ0v) is 18.5. The molecule has 36 heavy (non-hydrogen) atoms. The average molecular weight is 495 g/mol. The molecule has 0 radical (unpaired) electrons. The molecule has 11 heteroatoms. The maximum atomic E-state index is 13.7. The van der Waals surface area contributed by atoms with E-state index in [0.29, 0.717) is 0 Å². The molecule has 0 aliphatic carbocycles. The molecule has 182 valence electrons. The van der Waals surface area contributed by atoms with Gasteiger partial charge in [-0.15, -0.1) is 0 Å². The van der Waals surface area contributed by atoms with E-state index in [1.165, 1.54) is 47.9 Å². The van der Waals surface area contributed by atoms with Crippen molar-refractivity contribution in [3.05, 3.63) is 105 Å². The lowest BCUT2D eigenvalue weighted by atomic mass is 9.94. The van der Waals surface area contributed by atoms with Crippen LogP contribution in [0, 0.1) is 10.1 Å². The van der Waals surface area contributed by atoms with Crippen LogP contribution in [0.15, 0.2) is 66.9 Å². The molecule has 2 aromatic heterocycles. The number of nitro groups is 1. The summed E-state index contributed by atoms with van der Waals surface area (Å²) in [4.78, 5) is 48.5. The van der Waals surface area contributed by atoms with Gasteiger partial charge in [-0.2, -0.15) is 13.2 Å². The van der Waals surface area contributed by atoms with Gasteiger partial charge in [0, 0.05) is 35.0 Å². The molecular weight excluding hydrogens is 479 g/mol. The van der Waals surface area contributed by atoms with Gasteiger partial charge in [0.25, 0.3) is 5.69 Å². The van der Waals surface area contributed by atoms with Crippen molar-refractivity contribution in [3.63, 3.8) is 0 Å². The fourth-order valence-corrected chi connectivity index (χ4v) is 3.99. The minimum Gasteiger partial charge on any atom is -0.366 e. The largest absolute Gasteiger partial charge is 0.416 e. The Hall–Kier alpha value is -4.80. The number of halogens is 3. The van der Waals surface area contributed by atoms with Gasteiger partial charge in [0.1, 0.15) is 5.69 Å². The fourth-order valence-electron chi connectivity index (χ4n) is 3.99. The van der Waals surface area contributed by atoms with Gasteiger partial charge in [0.2, 0.25) is 11.7 Å². The van der Waals surface area contributed by atoms with Crippen LogP contribution in [-0.4, -0.2) is 26.8 Å². The van der Waals surface area contributed by atoms with Crippen LogP contribution in [0.3, 0.4) is 0 Å². The molecule has 2 heterocycles. The van der Waals surface area contributed by atoms with Crippen LogP contribution in [-0.2, 0) is 6.18 Å². The summed E-state index contributed by atoms with van der Waals surface area (Å²) in [6.07, 6.45) is -3.37. The molecule has 0 saturated heterocycles. The number of non-ortho nitro benzene ring substituents is 1. The van der Waals surface area contributed by atoms with E-state index in [-0.39, 0.29) is 44.7 Å². The molecule has 0 fully saturated rings. The number of rotatable bonds is 6. The van der Waals surface area contributed by atoms with E-state index >= 15 is 0 Å². The van der Waals surface area contributed by atoms with E-state index in [0.717, 1.165) is 30.3 Å². The van der Waals surface area contributed by atoms with Gasteiger partial charge in [0.15, 0.2) is 5.78 Å². The summed E-state index contributed by atoms with van der Waals surface area (Å²) in [7, 11) is 0. The Morgan fingerprint density at radius 1 is 0.972 bits per heavy atom. The lowest BCUT2D eigenvalue weighted by Gasteiger charge is -2.11. The molecule has 0 aliphatic heterocycles. The SMILES string of the molecule is CC(=O)c1c(-c2cccc(C(F)(F)F)c2)c(C(=O)c2ccc([N+](=O)[O-])cc2)n2ccc(C(N)=O)cc12. The monoisotopic (exact) mass is 495 g/mol. The number of alkyl halides is 3. The van der Waals surface area contributed by atoms with E-state index in [1.54, 1.807) is 0 Å². The zero-order valence-electron chi connectivity index (χ0n) is 18.5. The Morgan fingerprint density at radius 3 is 2.19 bits per heavy atom. The maximum Gasteiger partial charge on any atom is 0.416 e. The summed E-state index contributed by atoms with van der Waals surface area (Å²) in [5.74, 6) is -2.08. The van der Waals surface area contributed by atoms with Gasteiger partial charge >= 0.3 is 6.18 Å². The van der Waals surface area contributed by atoms with Crippen molar-refractivity contribution in [2.75, 3.05) is 0 Å². The van der Waals surface area contributed by atoms with Gasteiger partial charge < -0.3 is 10.1 Å². The first-order valence-electron chi connectivity index (χ1n) is 10.4. The van der Waals surface area contributed by atoms with Crippen LogP contribution in [0.25, 0.3) is 16.6 Å². The number of carbonyl (C=O) groups excluding carboxylic acids is 3. The van der Waals surface area contributed by atoms with Crippen molar-refractivity contribution in [2.45, 2.75) is 13.1 Å². The third kappa shape index (κ3) is 4.22. The van der Waals surface area contributed by atoms with E-state index in [4.69, 9.17) is 5.73 Å². The molecule has 8 nitrogen and oxygen atoms in total. The summed E-state index contributed by atoms with van der Waals surface area (Å²) in [6.45, 7) is 1.18. The number of Topliss-reactive ketones (excluding diaryl/α,β-unsaturated/α-hetero) is 1. The second-order valence-corrected chi connectivity index (χ2v) is 7.90. The number of ketones is 2. The Balaban J connectivity index is 2.09. The van der Waals surface area contributed by atoms with Crippen LogP contribution in [0.2, 0.25) is 0 Å². The Morgan fingerprint density at radius 2 is 1.64 bits per heavy atom. The standard InChI is InChI=1S/C25H16F3N3O5/c1-13(32)20-19-12-16(24(29)34)9-10-30(19)22(23(33)14-5-7-18(8-6-14)31(35)36)21(20)15-3-2-4-17(11-15)25(26,27)28/h2-12H,1H3,(H2,29,34). The van der Waals surface area contributed by atoms with Crippen molar-refractivity contribution >= 4 is 28.7 Å². The fraction of sp³-hybridized carbons (Fsp3) is 0.0800. The maximum absolute atomic E-state index is 13.7. The molecule has 1 amide bonds. The summed E-state index contributed by atoms with van der Waals surface area (Å²) in [5, 5.41) is 11.0. The third-order valence-electron chi connectivity index (χ3n) is 5.61. The smallest absolute Gasteiger partial charge is 0.366 e. The van der Waals surface area contributed by atoms with Gasteiger partial charge in [-0.1, -0.05) is 12.1 Å². The van der Waals surface area contributed by atoms with Crippen LogP contribution >= 0.6 is 0 Å². The van der Waals surface area contributed by atoms with Crippen molar-refractivity contribution < 1.29 is 32.5 Å². The average Bonchev–Trinajstić information content (AvgIpc) is 3.18. The highest BCUT2D eigenvalue weighted by Gasteiger charge is 2.33. The van der Waals surface area contributed by atoms with Crippen LogP contribution in [0.5, 0.6) is 0 Å². The lowest BCUT2D eigenvalue weighted by Crippen LogP contribution is -2.12. The van der Waals surface area contributed by atoms with E-state index in [9.17, 15) is 37.7 Å². The topological polar surface area (TPSA) is 125 Å². The summed E-state index contributed by atoms with van der Waals surface area (Å²) in [5.41, 5.74) is 3.87. The second-order valence-electron chi connectivity index (χ2n) is 7.90. The number of primary amides is 1. The Bertz CT molecular complexity index is 1570. The number of aromatic nitrogens is 1. The van der Waals surface area contributed by atoms with Crippen LogP contribution in [0.1, 0.15) is 49.3 Å². The highest BCUT2D eigenvalue weighted by molar-refractivity contribution is 6.19. The van der Waals surface area contributed by atoms with Crippen LogP contribution in [0.4, 0.5) is 18.9 Å². The van der Waals surface area contributed by atoms with Gasteiger partial charge in [-0.25, -0.2) is 0 Å². The predicted octanol–water partition coefficient (Wildman–Crippen LogP) is 5.07. The minimum absolute atomic E-state index is 0.00213. The van der Waals surface area contributed by atoms with Crippen molar-refractivity contribution in [1.29, 1.82) is 0 Å². The molecule has 0 spiro atoms. The zero-order chi connectivity index (χ0) is 26.4. The van der Waals surface area contributed by atoms with Crippen molar-refractivity contribution in [1.82, 2.24) is 4.40 Å².